The van der Waals surface area contributed by atoms with Gasteiger partial charge in [0, 0.05) is 44.7 Å². The minimum Gasteiger partial charge on any atom is -0.477 e. The summed E-state index contributed by atoms with van der Waals surface area (Å²) >= 11 is 0. The number of rotatable bonds is 3. The van der Waals surface area contributed by atoms with E-state index in [1.165, 1.54) is 6.07 Å². The lowest BCUT2D eigenvalue weighted by Crippen LogP contribution is -2.52. The number of nitrogens with zero attached hydrogens (tertiary/aromatic N) is 2. The van der Waals surface area contributed by atoms with Crippen molar-refractivity contribution >= 4 is 5.91 Å². The number of carbonyl (C=O) groups excluding carboxylic acids is 1. The zero-order valence-corrected chi connectivity index (χ0v) is 11.8. The second-order valence-corrected chi connectivity index (χ2v) is 5.43. The molecule has 0 saturated carbocycles. The molecule has 21 heavy (non-hydrogen) atoms. The van der Waals surface area contributed by atoms with E-state index in [0.29, 0.717) is 26.1 Å². The van der Waals surface area contributed by atoms with E-state index in [2.05, 4.69) is 4.90 Å². The van der Waals surface area contributed by atoms with Gasteiger partial charge in [0.15, 0.2) is 17.7 Å². The highest BCUT2D eigenvalue weighted by Crippen LogP contribution is 2.32. The first-order valence-corrected chi connectivity index (χ1v) is 7.25. The molecule has 1 N–H and O–H groups in total. The molecule has 1 unspecified atom stereocenters. The number of ether oxygens (including phenoxy) is 1. The third-order valence-electron chi connectivity index (χ3n) is 4.09. The van der Waals surface area contributed by atoms with Gasteiger partial charge in [-0.3, -0.25) is 9.69 Å². The molecule has 0 spiro atoms. The first-order valence-electron chi connectivity index (χ1n) is 7.25. The second kappa shape index (κ2) is 5.99. The molecular formula is C15H19FN2O3. The largest absolute Gasteiger partial charge is 0.477 e. The van der Waals surface area contributed by atoms with E-state index in [1.54, 1.807) is 17.0 Å². The van der Waals surface area contributed by atoms with Crippen LogP contribution in [0.5, 0.6) is 5.75 Å². The maximum atomic E-state index is 13.6. The minimum absolute atomic E-state index is 0.0748. The first kappa shape index (κ1) is 14.3. The van der Waals surface area contributed by atoms with Crippen molar-refractivity contribution in [2.45, 2.75) is 12.5 Å². The number of aliphatic hydroxyl groups is 1. The molecule has 2 aliphatic rings. The zero-order chi connectivity index (χ0) is 14.8. The highest BCUT2D eigenvalue weighted by Gasteiger charge is 2.34. The van der Waals surface area contributed by atoms with E-state index >= 15 is 0 Å². The number of hydrogen-bond acceptors (Lipinski definition) is 4. The van der Waals surface area contributed by atoms with Gasteiger partial charge in [0.25, 0.3) is 5.91 Å². The summed E-state index contributed by atoms with van der Waals surface area (Å²) in [7, 11) is 0. The van der Waals surface area contributed by atoms with Gasteiger partial charge in [-0.2, -0.15) is 0 Å². The number of carbonyl (C=O) groups is 1. The summed E-state index contributed by atoms with van der Waals surface area (Å²) in [5, 5.41) is 8.91. The molecule has 1 aromatic rings. The summed E-state index contributed by atoms with van der Waals surface area (Å²) < 4.78 is 19.1. The second-order valence-electron chi connectivity index (χ2n) is 5.43. The van der Waals surface area contributed by atoms with Crippen LogP contribution in [0, 0.1) is 5.82 Å². The maximum absolute atomic E-state index is 13.6. The highest BCUT2D eigenvalue weighted by atomic mass is 19.1. The van der Waals surface area contributed by atoms with Crippen LogP contribution in [0.3, 0.4) is 0 Å². The average Bonchev–Trinajstić information content (AvgIpc) is 2.93. The van der Waals surface area contributed by atoms with E-state index in [0.717, 1.165) is 18.7 Å². The van der Waals surface area contributed by atoms with Gasteiger partial charge in [-0.25, -0.2) is 4.39 Å². The highest BCUT2D eigenvalue weighted by molar-refractivity contribution is 5.82. The Balaban J connectivity index is 1.60. The molecule has 1 aromatic carbocycles. The van der Waals surface area contributed by atoms with Gasteiger partial charge in [0.1, 0.15) is 0 Å². The molecule has 0 radical (unpaired) electrons. The van der Waals surface area contributed by atoms with E-state index in [4.69, 9.17) is 9.84 Å². The van der Waals surface area contributed by atoms with Crippen LogP contribution in [0.2, 0.25) is 0 Å². The predicted molar refractivity (Wildman–Crippen MR) is 74.6 cm³/mol. The summed E-state index contributed by atoms with van der Waals surface area (Å²) in [6, 6.07) is 4.78. The molecule has 114 valence electrons. The van der Waals surface area contributed by atoms with Gasteiger partial charge in [0.2, 0.25) is 0 Å². The van der Waals surface area contributed by atoms with Crippen molar-refractivity contribution in [1.29, 1.82) is 0 Å². The number of fused-ring (bicyclic) bond motifs is 1. The fraction of sp³-hybridized carbons (Fsp3) is 0.533. The molecule has 0 aromatic heterocycles. The smallest absolute Gasteiger partial charge is 0.264 e. The zero-order valence-electron chi connectivity index (χ0n) is 11.8. The van der Waals surface area contributed by atoms with Crippen LogP contribution in [-0.2, 0) is 11.2 Å². The molecular weight excluding hydrogens is 275 g/mol. The Hall–Kier alpha value is -1.66. The predicted octanol–water partition coefficient (Wildman–Crippen LogP) is 0.266. The van der Waals surface area contributed by atoms with Crippen LogP contribution in [-0.4, -0.2) is 66.2 Å². The Bertz CT molecular complexity index is 530. The molecule has 1 saturated heterocycles. The minimum atomic E-state index is -0.610. The van der Waals surface area contributed by atoms with Gasteiger partial charge >= 0.3 is 0 Å². The summed E-state index contributed by atoms with van der Waals surface area (Å²) in [5.74, 6) is -0.264. The topological polar surface area (TPSA) is 53.0 Å². The molecule has 0 bridgehead atoms. The lowest BCUT2D eigenvalue weighted by Gasteiger charge is -2.35. The van der Waals surface area contributed by atoms with Crippen molar-refractivity contribution in [3.63, 3.8) is 0 Å². The van der Waals surface area contributed by atoms with E-state index in [9.17, 15) is 9.18 Å². The van der Waals surface area contributed by atoms with E-state index in [1.807, 2.05) is 0 Å². The van der Waals surface area contributed by atoms with Crippen LogP contribution in [0.4, 0.5) is 4.39 Å². The van der Waals surface area contributed by atoms with Crippen LogP contribution in [0.1, 0.15) is 5.56 Å². The van der Waals surface area contributed by atoms with Crippen molar-refractivity contribution < 1.29 is 19.0 Å². The average molecular weight is 294 g/mol. The van der Waals surface area contributed by atoms with E-state index < -0.39 is 11.9 Å². The normalized spacial score (nSPS) is 22.0. The molecule has 2 heterocycles. The molecule has 1 amide bonds. The molecule has 0 aliphatic carbocycles. The van der Waals surface area contributed by atoms with Gasteiger partial charge in [-0.05, 0) is 6.07 Å². The standard InChI is InChI=1S/C15H19FN2O3/c16-12-3-1-2-11-10-13(21-14(11)12)15(20)18-6-4-17(5-7-18)8-9-19/h1-3,13,19H,4-10H2. The summed E-state index contributed by atoms with van der Waals surface area (Å²) in [6.07, 6.45) is -0.177. The first-order chi connectivity index (χ1) is 10.2. The number of benzene rings is 1. The number of β-amino-alcohol motifs (C(OH)–C–C–N with tert-alkyl or cyclic N) is 1. The number of para-hydroxylation sites is 1. The third-order valence-corrected chi connectivity index (χ3v) is 4.09. The Morgan fingerprint density at radius 1 is 1.33 bits per heavy atom. The van der Waals surface area contributed by atoms with Crippen LogP contribution >= 0.6 is 0 Å². The lowest BCUT2D eigenvalue weighted by atomic mass is 10.1. The number of halogens is 1. The molecule has 1 atom stereocenters. The molecule has 3 rings (SSSR count). The van der Waals surface area contributed by atoms with Crippen molar-refractivity contribution in [3.8, 4) is 5.75 Å². The summed E-state index contributed by atoms with van der Waals surface area (Å²) in [6.45, 7) is 3.52. The van der Waals surface area contributed by atoms with Crippen LogP contribution in [0.15, 0.2) is 18.2 Å². The number of aliphatic hydroxyl groups excluding tert-OH is 1. The number of piperazine rings is 1. The maximum Gasteiger partial charge on any atom is 0.264 e. The van der Waals surface area contributed by atoms with Crippen molar-refractivity contribution in [1.82, 2.24) is 9.80 Å². The molecule has 6 heteroatoms. The Morgan fingerprint density at radius 3 is 2.76 bits per heavy atom. The fourth-order valence-corrected chi connectivity index (χ4v) is 2.90. The SMILES string of the molecule is O=C(C1Cc2cccc(F)c2O1)N1CCN(CCO)CC1. The van der Waals surface area contributed by atoms with Gasteiger partial charge < -0.3 is 14.7 Å². The van der Waals surface area contributed by atoms with Crippen molar-refractivity contribution in [3.05, 3.63) is 29.6 Å². The summed E-state index contributed by atoms with van der Waals surface area (Å²) in [4.78, 5) is 16.3. The molecule has 5 nitrogen and oxygen atoms in total. The van der Waals surface area contributed by atoms with Gasteiger partial charge in [0.05, 0.1) is 6.61 Å². The molecule has 1 fully saturated rings. The molecule has 2 aliphatic heterocycles. The summed E-state index contributed by atoms with van der Waals surface area (Å²) in [5.41, 5.74) is 0.757. The van der Waals surface area contributed by atoms with Crippen molar-refractivity contribution in [2.24, 2.45) is 0 Å². The van der Waals surface area contributed by atoms with Crippen molar-refractivity contribution in [2.75, 3.05) is 39.3 Å². The quantitative estimate of drug-likeness (QED) is 0.869. The van der Waals surface area contributed by atoms with E-state index in [-0.39, 0.29) is 18.3 Å². The number of amides is 1. The van der Waals surface area contributed by atoms with Gasteiger partial charge in [-0.15, -0.1) is 0 Å². The lowest BCUT2D eigenvalue weighted by molar-refractivity contribution is -0.139. The van der Waals surface area contributed by atoms with Crippen LogP contribution < -0.4 is 4.74 Å². The van der Waals surface area contributed by atoms with Gasteiger partial charge in [-0.1, -0.05) is 12.1 Å². The monoisotopic (exact) mass is 294 g/mol. The Morgan fingerprint density at radius 2 is 2.10 bits per heavy atom. The Labute approximate surface area is 122 Å². The Kier molecular flexibility index (Phi) is 4.07. The fourth-order valence-electron chi connectivity index (χ4n) is 2.90. The third kappa shape index (κ3) is 2.87. The number of hydrogen-bond donors (Lipinski definition) is 1. The van der Waals surface area contributed by atoms with Crippen LogP contribution in [0.25, 0.3) is 0 Å².